The Bertz CT molecular complexity index is 972. The van der Waals surface area contributed by atoms with E-state index in [1.807, 2.05) is 66.2 Å². The number of fused-ring (bicyclic) bond motifs is 1. The van der Waals surface area contributed by atoms with E-state index in [0.29, 0.717) is 12.2 Å². The summed E-state index contributed by atoms with van der Waals surface area (Å²) in [6.07, 6.45) is 1.95. The van der Waals surface area contributed by atoms with E-state index in [4.69, 9.17) is 0 Å². The summed E-state index contributed by atoms with van der Waals surface area (Å²) in [6, 6.07) is 17.4. The van der Waals surface area contributed by atoms with E-state index in [1.54, 1.807) is 0 Å². The molecule has 1 saturated carbocycles. The number of rotatable bonds is 5. The number of nitrogens with one attached hydrogen (secondary N) is 2. The molecule has 0 bridgehead atoms. The predicted octanol–water partition coefficient (Wildman–Crippen LogP) is 3.46. The van der Waals surface area contributed by atoms with Gasteiger partial charge in [0.1, 0.15) is 5.69 Å². The molecule has 0 atom stereocenters. The number of aromatic nitrogens is 1. The molecule has 132 valence electrons. The second kappa shape index (κ2) is 6.67. The molecule has 1 aliphatic carbocycles. The van der Waals surface area contributed by atoms with Gasteiger partial charge in [-0.15, -0.1) is 0 Å². The van der Waals surface area contributed by atoms with Crippen LogP contribution in [0, 0.1) is 5.92 Å². The first kappa shape index (κ1) is 16.4. The van der Waals surface area contributed by atoms with Crippen LogP contribution in [0.15, 0.2) is 54.6 Å². The topological polar surface area (TPSA) is 63.1 Å². The molecule has 0 spiro atoms. The highest BCUT2D eigenvalue weighted by molar-refractivity contribution is 6.01. The summed E-state index contributed by atoms with van der Waals surface area (Å²) in [5.41, 5.74) is 3.39. The third-order valence-corrected chi connectivity index (χ3v) is 4.79. The fourth-order valence-corrected chi connectivity index (χ4v) is 3.10. The van der Waals surface area contributed by atoms with Crippen LogP contribution in [0.25, 0.3) is 10.9 Å². The molecule has 0 radical (unpaired) electrons. The molecule has 0 aliphatic heterocycles. The van der Waals surface area contributed by atoms with Crippen LogP contribution in [0.1, 0.15) is 28.9 Å². The Morgan fingerprint density at radius 2 is 1.85 bits per heavy atom. The number of nitrogens with zero attached hydrogens (tertiary/aromatic N) is 1. The Morgan fingerprint density at radius 3 is 2.58 bits per heavy atom. The Balaban J connectivity index is 1.52. The van der Waals surface area contributed by atoms with Crippen molar-refractivity contribution in [3.8, 4) is 0 Å². The van der Waals surface area contributed by atoms with Crippen LogP contribution >= 0.6 is 0 Å². The zero-order valence-electron chi connectivity index (χ0n) is 14.7. The quantitative estimate of drug-likeness (QED) is 0.742. The normalized spacial score (nSPS) is 13.6. The molecule has 3 aromatic rings. The van der Waals surface area contributed by atoms with E-state index in [2.05, 4.69) is 10.6 Å². The molecule has 5 nitrogen and oxygen atoms in total. The molecule has 4 rings (SSSR count). The minimum atomic E-state index is -0.115. The van der Waals surface area contributed by atoms with Crippen LogP contribution in [0.2, 0.25) is 0 Å². The van der Waals surface area contributed by atoms with Crippen LogP contribution in [0.5, 0.6) is 0 Å². The lowest BCUT2D eigenvalue weighted by Gasteiger charge is -2.07. The minimum absolute atomic E-state index is 0.0844. The van der Waals surface area contributed by atoms with Crippen molar-refractivity contribution in [3.05, 3.63) is 65.9 Å². The van der Waals surface area contributed by atoms with E-state index in [9.17, 15) is 9.59 Å². The van der Waals surface area contributed by atoms with Gasteiger partial charge in [0.25, 0.3) is 5.91 Å². The lowest BCUT2D eigenvalue weighted by atomic mass is 10.2. The summed E-state index contributed by atoms with van der Waals surface area (Å²) >= 11 is 0. The van der Waals surface area contributed by atoms with Gasteiger partial charge in [-0.2, -0.15) is 0 Å². The van der Waals surface area contributed by atoms with Crippen LogP contribution in [0.4, 0.5) is 5.69 Å². The van der Waals surface area contributed by atoms with Gasteiger partial charge in [0, 0.05) is 36.1 Å². The average molecular weight is 347 g/mol. The SMILES string of the molecule is Cn1c(C(=O)NCc2ccccc2)cc2cc(NC(=O)C3CC3)ccc21. The fourth-order valence-electron chi connectivity index (χ4n) is 3.10. The second-order valence-corrected chi connectivity index (χ2v) is 6.79. The van der Waals surface area contributed by atoms with Gasteiger partial charge in [0.05, 0.1) is 0 Å². The molecule has 2 aromatic carbocycles. The van der Waals surface area contributed by atoms with E-state index < -0.39 is 0 Å². The van der Waals surface area contributed by atoms with E-state index in [1.165, 1.54) is 0 Å². The molecular weight excluding hydrogens is 326 g/mol. The molecule has 26 heavy (non-hydrogen) atoms. The van der Waals surface area contributed by atoms with Gasteiger partial charge in [-0.3, -0.25) is 9.59 Å². The predicted molar refractivity (Wildman–Crippen MR) is 102 cm³/mol. The Morgan fingerprint density at radius 1 is 1.08 bits per heavy atom. The zero-order chi connectivity index (χ0) is 18.1. The van der Waals surface area contributed by atoms with Gasteiger partial charge in [-0.05, 0) is 42.7 Å². The average Bonchev–Trinajstić information content (AvgIpc) is 3.45. The maximum Gasteiger partial charge on any atom is 0.268 e. The van der Waals surface area contributed by atoms with Crippen LogP contribution < -0.4 is 10.6 Å². The summed E-state index contributed by atoms with van der Waals surface area (Å²) in [7, 11) is 1.88. The molecular formula is C21H21N3O2. The molecule has 0 saturated heterocycles. The fraction of sp³-hybridized carbons (Fsp3) is 0.238. The highest BCUT2D eigenvalue weighted by Crippen LogP contribution is 2.31. The largest absolute Gasteiger partial charge is 0.347 e. The van der Waals surface area contributed by atoms with Crippen molar-refractivity contribution in [1.29, 1.82) is 0 Å². The molecule has 2 N–H and O–H groups in total. The van der Waals surface area contributed by atoms with Crippen molar-refractivity contribution >= 4 is 28.4 Å². The van der Waals surface area contributed by atoms with Crippen LogP contribution in [-0.2, 0) is 18.4 Å². The minimum Gasteiger partial charge on any atom is -0.347 e. The Kier molecular flexibility index (Phi) is 4.21. The van der Waals surface area contributed by atoms with Crippen molar-refractivity contribution in [2.24, 2.45) is 13.0 Å². The maximum absolute atomic E-state index is 12.6. The molecule has 5 heteroatoms. The summed E-state index contributed by atoms with van der Waals surface area (Å²) < 4.78 is 1.88. The van der Waals surface area contributed by atoms with Crippen molar-refractivity contribution < 1.29 is 9.59 Å². The number of hydrogen-bond donors (Lipinski definition) is 2. The molecule has 2 amide bonds. The summed E-state index contributed by atoms with van der Waals surface area (Å²) in [5, 5.41) is 6.85. The van der Waals surface area contributed by atoms with Gasteiger partial charge >= 0.3 is 0 Å². The highest BCUT2D eigenvalue weighted by atomic mass is 16.2. The van der Waals surface area contributed by atoms with Gasteiger partial charge in [-0.1, -0.05) is 30.3 Å². The Hall–Kier alpha value is -3.08. The van der Waals surface area contributed by atoms with Crippen LogP contribution in [0.3, 0.4) is 0 Å². The molecule has 0 unspecified atom stereocenters. The zero-order valence-corrected chi connectivity index (χ0v) is 14.7. The number of hydrogen-bond acceptors (Lipinski definition) is 2. The third kappa shape index (κ3) is 3.33. The van der Waals surface area contributed by atoms with Crippen molar-refractivity contribution in [1.82, 2.24) is 9.88 Å². The number of carbonyl (C=O) groups excluding carboxylic acids is 2. The van der Waals surface area contributed by atoms with Crippen molar-refractivity contribution in [2.75, 3.05) is 5.32 Å². The third-order valence-electron chi connectivity index (χ3n) is 4.79. The van der Waals surface area contributed by atoms with Gasteiger partial charge in [0.2, 0.25) is 5.91 Å². The first-order valence-corrected chi connectivity index (χ1v) is 8.84. The van der Waals surface area contributed by atoms with Gasteiger partial charge in [-0.25, -0.2) is 0 Å². The Labute approximate surface area is 152 Å². The lowest BCUT2D eigenvalue weighted by molar-refractivity contribution is -0.117. The van der Waals surface area contributed by atoms with Gasteiger partial charge in [0.15, 0.2) is 0 Å². The second-order valence-electron chi connectivity index (χ2n) is 6.79. The number of carbonyl (C=O) groups is 2. The lowest BCUT2D eigenvalue weighted by Crippen LogP contribution is -2.24. The van der Waals surface area contributed by atoms with Crippen molar-refractivity contribution in [3.63, 3.8) is 0 Å². The number of anilines is 1. The van der Waals surface area contributed by atoms with E-state index >= 15 is 0 Å². The standard InChI is InChI=1S/C21H21N3O2/c1-24-18-10-9-17(23-20(25)15-7-8-15)11-16(18)12-19(24)21(26)22-13-14-5-3-2-4-6-14/h2-6,9-12,15H,7-8,13H2,1H3,(H,22,26)(H,23,25). The summed E-state index contributed by atoms with van der Waals surface area (Å²) in [5.74, 6) is 0.137. The van der Waals surface area contributed by atoms with Crippen LogP contribution in [-0.4, -0.2) is 16.4 Å². The van der Waals surface area contributed by atoms with E-state index in [-0.39, 0.29) is 17.7 Å². The smallest absolute Gasteiger partial charge is 0.268 e. The highest BCUT2D eigenvalue weighted by Gasteiger charge is 2.29. The van der Waals surface area contributed by atoms with Gasteiger partial charge < -0.3 is 15.2 Å². The maximum atomic E-state index is 12.6. The first-order chi connectivity index (χ1) is 12.6. The number of benzene rings is 2. The molecule has 1 fully saturated rings. The number of aryl methyl sites for hydroxylation is 1. The molecule has 1 aromatic heterocycles. The first-order valence-electron chi connectivity index (χ1n) is 8.84. The molecule has 1 heterocycles. The molecule has 1 aliphatic rings. The van der Waals surface area contributed by atoms with E-state index in [0.717, 1.165) is 35.0 Å². The monoisotopic (exact) mass is 347 g/mol. The summed E-state index contributed by atoms with van der Waals surface area (Å²) in [4.78, 5) is 24.5. The van der Waals surface area contributed by atoms with Crippen molar-refractivity contribution in [2.45, 2.75) is 19.4 Å². The summed E-state index contributed by atoms with van der Waals surface area (Å²) in [6.45, 7) is 0.490. The number of amides is 2.